The van der Waals surface area contributed by atoms with Crippen LogP contribution in [-0.2, 0) is 13.1 Å². The van der Waals surface area contributed by atoms with Gasteiger partial charge in [0.25, 0.3) is 0 Å². The third-order valence-corrected chi connectivity index (χ3v) is 3.13. The molecule has 2 aromatic rings. The zero-order valence-corrected chi connectivity index (χ0v) is 13.8. The average molecular weight is 325 g/mol. The number of halogens is 1. The highest BCUT2D eigenvalue weighted by Gasteiger charge is 2.11. The summed E-state index contributed by atoms with van der Waals surface area (Å²) < 4.78 is 16.0. The lowest BCUT2D eigenvalue weighted by Gasteiger charge is -2.14. The van der Waals surface area contributed by atoms with E-state index >= 15 is 0 Å². The molecule has 1 aromatic heterocycles. The van der Waals surface area contributed by atoms with Crippen molar-refractivity contribution in [2.24, 2.45) is 0 Å². The van der Waals surface area contributed by atoms with Crippen molar-refractivity contribution in [1.82, 2.24) is 10.3 Å². The van der Waals surface area contributed by atoms with Crippen LogP contribution >= 0.6 is 12.4 Å². The van der Waals surface area contributed by atoms with Gasteiger partial charge in [0.1, 0.15) is 5.75 Å². The lowest BCUT2D eigenvalue weighted by atomic mass is 10.1. The maximum absolute atomic E-state index is 5.40. The lowest BCUT2D eigenvalue weighted by molar-refractivity contribution is 0.347. The van der Waals surface area contributed by atoms with Crippen LogP contribution in [0.4, 0.5) is 0 Å². The maximum atomic E-state index is 5.40. The number of methoxy groups -OCH3 is 3. The summed E-state index contributed by atoms with van der Waals surface area (Å²) in [5.74, 6) is 2.11. The number of pyridine rings is 1. The zero-order valence-electron chi connectivity index (χ0n) is 13.0. The molecule has 2 rings (SSSR count). The van der Waals surface area contributed by atoms with Crippen molar-refractivity contribution < 1.29 is 14.2 Å². The molecule has 0 saturated carbocycles. The highest BCUT2D eigenvalue weighted by atomic mass is 35.5. The third-order valence-electron chi connectivity index (χ3n) is 3.13. The monoisotopic (exact) mass is 324 g/mol. The van der Waals surface area contributed by atoms with Crippen molar-refractivity contribution >= 4 is 12.4 Å². The molecule has 0 atom stereocenters. The summed E-state index contributed by atoms with van der Waals surface area (Å²) in [6.45, 7) is 1.35. The second kappa shape index (κ2) is 9.12. The zero-order chi connectivity index (χ0) is 15.1. The Morgan fingerprint density at radius 3 is 2.18 bits per heavy atom. The summed E-state index contributed by atoms with van der Waals surface area (Å²) in [6, 6.07) is 9.61. The van der Waals surface area contributed by atoms with E-state index in [4.69, 9.17) is 14.2 Å². The van der Waals surface area contributed by atoms with Gasteiger partial charge in [0.15, 0.2) is 11.5 Å². The van der Waals surface area contributed by atoms with Gasteiger partial charge >= 0.3 is 0 Å². The Labute approximate surface area is 137 Å². The van der Waals surface area contributed by atoms with Crippen LogP contribution in [0.3, 0.4) is 0 Å². The number of rotatable bonds is 7. The molecule has 1 aromatic carbocycles. The molecule has 0 spiro atoms. The van der Waals surface area contributed by atoms with E-state index in [1.807, 2.05) is 30.3 Å². The minimum absolute atomic E-state index is 0. The number of hydrogen-bond donors (Lipinski definition) is 1. The van der Waals surface area contributed by atoms with Crippen LogP contribution in [0.15, 0.2) is 36.5 Å². The normalized spacial score (nSPS) is 9.77. The molecular formula is C16H21ClN2O3. The van der Waals surface area contributed by atoms with Crippen molar-refractivity contribution in [3.8, 4) is 17.2 Å². The molecule has 1 N–H and O–H groups in total. The van der Waals surface area contributed by atoms with Crippen LogP contribution < -0.4 is 19.5 Å². The quantitative estimate of drug-likeness (QED) is 0.848. The molecule has 0 aliphatic rings. The summed E-state index contributed by atoms with van der Waals surface area (Å²) in [5, 5.41) is 3.34. The van der Waals surface area contributed by atoms with Gasteiger partial charge < -0.3 is 19.5 Å². The maximum Gasteiger partial charge on any atom is 0.164 e. The second-order valence-corrected chi connectivity index (χ2v) is 4.44. The Morgan fingerprint density at radius 2 is 1.59 bits per heavy atom. The van der Waals surface area contributed by atoms with E-state index < -0.39 is 0 Å². The van der Waals surface area contributed by atoms with Crippen molar-refractivity contribution in [2.75, 3.05) is 21.3 Å². The van der Waals surface area contributed by atoms with Gasteiger partial charge in [-0.2, -0.15) is 0 Å². The molecule has 0 unspecified atom stereocenters. The van der Waals surface area contributed by atoms with Crippen molar-refractivity contribution in [1.29, 1.82) is 0 Å². The van der Waals surface area contributed by atoms with Gasteiger partial charge in [-0.3, -0.25) is 4.98 Å². The van der Waals surface area contributed by atoms with Crippen LogP contribution in [-0.4, -0.2) is 26.3 Å². The second-order valence-electron chi connectivity index (χ2n) is 4.44. The molecule has 22 heavy (non-hydrogen) atoms. The molecule has 0 bridgehead atoms. The van der Waals surface area contributed by atoms with Crippen LogP contribution in [0.5, 0.6) is 17.2 Å². The number of ether oxygens (including phenoxy) is 3. The van der Waals surface area contributed by atoms with Crippen LogP contribution in [0, 0.1) is 0 Å². The van der Waals surface area contributed by atoms with Crippen LogP contribution in [0.2, 0.25) is 0 Å². The summed E-state index contributed by atoms with van der Waals surface area (Å²) in [6.07, 6.45) is 1.79. The molecule has 120 valence electrons. The molecule has 6 heteroatoms. The summed E-state index contributed by atoms with van der Waals surface area (Å²) in [4.78, 5) is 4.28. The smallest absolute Gasteiger partial charge is 0.164 e. The van der Waals surface area contributed by atoms with Gasteiger partial charge in [-0.1, -0.05) is 6.07 Å². The Hall–Kier alpha value is -1.98. The van der Waals surface area contributed by atoms with Crippen LogP contribution in [0.1, 0.15) is 11.3 Å². The Balaban J connectivity index is 0.00000242. The molecule has 0 aliphatic carbocycles. The molecule has 0 radical (unpaired) electrons. The number of benzene rings is 1. The fourth-order valence-electron chi connectivity index (χ4n) is 2.06. The molecule has 0 aliphatic heterocycles. The summed E-state index contributed by atoms with van der Waals surface area (Å²) >= 11 is 0. The molecular weight excluding hydrogens is 304 g/mol. The van der Waals surface area contributed by atoms with Gasteiger partial charge in [-0.05, 0) is 18.2 Å². The molecule has 0 saturated heterocycles. The molecule has 0 fully saturated rings. The van der Waals surface area contributed by atoms with Crippen molar-refractivity contribution in [2.45, 2.75) is 13.1 Å². The van der Waals surface area contributed by atoms with Gasteiger partial charge in [-0.15, -0.1) is 12.4 Å². The largest absolute Gasteiger partial charge is 0.496 e. The molecule has 1 heterocycles. The number of hydrogen-bond acceptors (Lipinski definition) is 5. The lowest BCUT2D eigenvalue weighted by Crippen LogP contribution is -2.14. The fraction of sp³-hybridized carbons (Fsp3) is 0.312. The van der Waals surface area contributed by atoms with E-state index in [-0.39, 0.29) is 12.4 Å². The fourth-order valence-corrected chi connectivity index (χ4v) is 2.06. The highest BCUT2D eigenvalue weighted by Crippen LogP contribution is 2.34. The first-order valence-electron chi connectivity index (χ1n) is 6.68. The third kappa shape index (κ3) is 4.51. The van der Waals surface area contributed by atoms with E-state index in [9.17, 15) is 0 Å². The van der Waals surface area contributed by atoms with Gasteiger partial charge in [0.2, 0.25) is 0 Å². The summed E-state index contributed by atoms with van der Waals surface area (Å²) in [5.41, 5.74) is 2.00. The number of nitrogens with one attached hydrogen (secondary N) is 1. The first kappa shape index (κ1) is 18.1. The van der Waals surface area contributed by atoms with Crippen molar-refractivity contribution in [3.63, 3.8) is 0 Å². The minimum Gasteiger partial charge on any atom is -0.496 e. The highest BCUT2D eigenvalue weighted by molar-refractivity contribution is 5.85. The average Bonchev–Trinajstić information content (AvgIpc) is 2.55. The van der Waals surface area contributed by atoms with E-state index in [2.05, 4.69) is 10.3 Å². The minimum atomic E-state index is 0. The number of aromatic nitrogens is 1. The predicted octanol–water partition coefficient (Wildman–Crippen LogP) is 2.82. The van der Waals surface area contributed by atoms with Gasteiger partial charge in [0, 0.05) is 30.9 Å². The first-order valence-corrected chi connectivity index (χ1v) is 6.68. The molecule has 0 amide bonds. The van der Waals surface area contributed by atoms with Gasteiger partial charge in [0.05, 0.1) is 27.0 Å². The topological polar surface area (TPSA) is 52.6 Å². The first-order chi connectivity index (χ1) is 10.3. The van der Waals surface area contributed by atoms with Crippen LogP contribution in [0.25, 0.3) is 0 Å². The Morgan fingerprint density at radius 1 is 0.909 bits per heavy atom. The molecule has 5 nitrogen and oxygen atoms in total. The summed E-state index contributed by atoms with van der Waals surface area (Å²) in [7, 11) is 4.87. The van der Waals surface area contributed by atoms with Crippen molar-refractivity contribution in [3.05, 3.63) is 47.8 Å². The van der Waals surface area contributed by atoms with E-state index in [0.29, 0.717) is 24.6 Å². The number of nitrogens with zero attached hydrogens (tertiary/aromatic N) is 1. The Bertz CT molecular complexity index is 579. The van der Waals surface area contributed by atoms with E-state index in [1.54, 1.807) is 27.5 Å². The predicted molar refractivity (Wildman–Crippen MR) is 88.1 cm³/mol. The van der Waals surface area contributed by atoms with E-state index in [1.165, 1.54) is 0 Å². The SMILES string of the molecule is COc1cc(OC)c(OC)cc1CNCc1ccccn1.Cl. The van der Waals surface area contributed by atoms with Gasteiger partial charge in [-0.25, -0.2) is 0 Å². The Kier molecular flexibility index (Phi) is 7.49. The standard InChI is InChI=1S/C16H20N2O3.ClH/c1-19-14-9-16(21-3)15(20-2)8-12(14)10-17-11-13-6-4-5-7-18-13;/h4-9,17H,10-11H2,1-3H3;1H. The van der Waals surface area contributed by atoms with E-state index in [0.717, 1.165) is 17.0 Å².